The number of hydrogen-bond donors (Lipinski definition) is 0. The second-order valence-electron chi connectivity index (χ2n) is 1.10. The third-order valence-electron chi connectivity index (χ3n) is 0.500. The lowest BCUT2D eigenvalue weighted by Gasteiger charge is -1.80. The van der Waals surface area contributed by atoms with Gasteiger partial charge in [0, 0.05) is 23.1 Å². The van der Waals surface area contributed by atoms with Gasteiger partial charge in [0.15, 0.2) is 0 Å². The lowest BCUT2D eigenvalue weighted by molar-refractivity contribution is 1.10. The average molecular weight is 114 g/mol. The SMILES string of the molecule is CCCPC.[Mg]. The first-order valence-electron chi connectivity index (χ1n) is 2.06. The zero-order chi connectivity index (χ0) is 4.12. The predicted octanol–water partition coefficient (Wildman–Crippen LogP) is 1.32. The molecule has 34 valence electrons. The van der Waals surface area contributed by atoms with Gasteiger partial charge in [0.2, 0.25) is 0 Å². The molecule has 0 aromatic rings. The second kappa shape index (κ2) is 9.50. The largest absolute Gasteiger partial charge is 0.125 e. The van der Waals surface area contributed by atoms with Gasteiger partial charge in [-0.25, -0.2) is 0 Å². The quantitative estimate of drug-likeness (QED) is 0.375. The van der Waals surface area contributed by atoms with Gasteiger partial charge in [-0.05, 0) is 12.8 Å². The van der Waals surface area contributed by atoms with Gasteiger partial charge in [-0.2, -0.15) is 0 Å². The van der Waals surface area contributed by atoms with E-state index < -0.39 is 0 Å². The Kier molecular flexibility index (Phi) is 16.2. The molecule has 0 aromatic carbocycles. The van der Waals surface area contributed by atoms with Crippen molar-refractivity contribution in [1.82, 2.24) is 0 Å². The van der Waals surface area contributed by atoms with Crippen molar-refractivity contribution in [2.45, 2.75) is 13.3 Å². The normalized spacial score (nSPS) is 9.00. The van der Waals surface area contributed by atoms with E-state index in [4.69, 9.17) is 0 Å². The van der Waals surface area contributed by atoms with Crippen molar-refractivity contribution in [2.24, 2.45) is 0 Å². The third kappa shape index (κ3) is 8.96. The van der Waals surface area contributed by atoms with Gasteiger partial charge in [0.05, 0.1) is 0 Å². The van der Waals surface area contributed by atoms with Gasteiger partial charge in [0.25, 0.3) is 0 Å². The first kappa shape index (κ1) is 10.2. The van der Waals surface area contributed by atoms with E-state index in [-0.39, 0.29) is 23.1 Å². The van der Waals surface area contributed by atoms with Crippen molar-refractivity contribution < 1.29 is 0 Å². The summed E-state index contributed by atoms with van der Waals surface area (Å²) in [6, 6.07) is 0. The van der Waals surface area contributed by atoms with E-state index in [1.165, 1.54) is 12.6 Å². The first-order valence-corrected chi connectivity index (χ1v) is 3.77. The van der Waals surface area contributed by atoms with E-state index in [0.717, 1.165) is 8.58 Å². The molecule has 0 rings (SSSR count). The van der Waals surface area contributed by atoms with Crippen LogP contribution < -0.4 is 0 Å². The molecule has 0 aliphatic carbocycles. The summed E-state index contributed by atoms with van der Waals surface area (Å²) in [6.07, 6.45) is 2.77. The van der Waals surface area contributed by atoms with Gasteiger partial charge >= 0.3 is 0 Å². The van der Waals surface area contributed by atoms with Crippen LogP contribution in [0, 0.1) is 0 Å². The van der Waals surface area contributed by atoms with Crippen LogP contribution in [-0.2, 0) is 0 Å². The molecule has 0 bridgehead atoms. The van der Waals surface area contributed by atoms with E-state index in [9.17, 15) is 0 Å². The van der Waals surface area contributed by atoms with Crippen molar-refractivity contribution in [3.05, 3.63) is 0 Å². The summed E-state index contributed by atoms with van der Waals surface area (Å²) in [6.45, 7) is 4.46. The Labute approximate surface area is 58.0 Å². The van der Waals surface area contributed by atoms with Gasteiger partial charge in [-0.15, -0.1) is 8.58 Å². The van der Waals surface area contributed by atoms with Gasteiger partial charge in [-0.1, -0.05) is 13.3 Å². The molecular weight excluding hydrogens is 103 g/mol. The Hall–Kier alpha value is 1.20. The molecule has 0 amide bonds. The molecule has 0 aromatic heterocycles. The standard InChI is InChI=1S/C4H11P.Mg/c1-3-4-5-2;/h5H,3-4H2,1-2H3;. The highest BCUT2D eigenvalue weighted by Crippen LogP contribution is 2.01. The lowest BCUT2D eigenvalue weighted by Crippen LogP contribution is -1.61. The van der Waals surface area contributed by atoms with E-state index >= 15 is 0 Å². The van der Waals surface area contributed by atoms with E-state index in [1.54, 1.807) is 0 Å². The smallest absolute Gasteiger partial charge is 0 e. The Morgan fingerprint density at radius 3 is 2.00 bits per heavy atom. The second-order valence-corrected chi connectivity index (χ2v) is 2.31. The molecule has 2 heteroatoms. The van der Waals surface area contributed by atoms with Crippen molar-refractivity contribution in [3.63, 3.8) is 0 Å². The minimum atomic E-state index is 0. The highest BCUT2D eigenvalue weighted by atomic mass is 31.1. The van der Waals surface area contributed by atoms with Crippen LogP contribution in [-0.4, -0.2) is 35.9 Å². The fourth-order valence-corrected chi connectivity index (χ4v) is 0.750. The van der Waals surface area contributed by atoms with E-state index in [0.29, 0.717) is 0 Å². The van der Waals surface area contributed by atoms with Gasteiger partial charge in [0.1, 0.15) is 0 Å². The van der Waals surface area contributed by atoms with Gasteiger partial charge < -0.3 is 0 Å². The zero-order valence-corrected chi connectivity index (χ0v) is 7.04. The molecule has 0 aliphatic rings. The molecule has 6 heavy (non-hydrogen) atoms. The molecule has 0 saturated heterocycles. The maximum atomic E-state index is 2.24. The molecule has 0 N–H and O–H groups in total. The Bertz CT molecular complexity index is 15.0. The van der Waals surface area contributed by atoms with Crippen LogP contribution >= 0.6 is 8.58 Å². The van der Waals surface area contributed by atoms with Crippen LogP contribution in [0.2, 0.25) is 0 Å². The minimum absolute atomic E-state index is 0. The molecule has 0 saturated carbocycles. The minimum Gasteiger partial charge on any atom is -0.125 e. The Morgan fingerprint density at radius 2 is 2.00 bits per heavy atom. The lowest BCUT2D eigenvalue weighted by atomic mass is 10.6. The monoisotopic (exact) mass is 114 g/mol. The Balaban J connectivity index is 0. The van der Waals surface area contributed by atoms with Crippen molar-refractivity contribution in [2.75, 3.05) is 12.8 Å². The average Bonchev–Trinajstić information content (AvgIpc) is 1.41. The predicted molar refractivity (Wildman–Crippen MR) is 35.2 cm³/mol. The van der Waals surface area contributed by atoms with Crippen LogP contribution in [0.1, 0.15) is 13.3 Å². The summed E-state index contributed by atoms with van der Waals surface area (Å²) in [7, 11) is 1.16. The van der Waals surface area contributed by atoms with E-state index in [2.05, 4.69) is 13.6 Å². The van der Waals surface area contributed by atoms with Crippen molar-refractivity contribution >= 4 is 31.6 Å². The summed E-state index contributed by atoms with van der Waals surface area (Å²) in [5.74, 6) is 0. The van der Waals surface area contributed by atoms with Crippen LogP contribution in [0.5, 0.6) is 0 Å². The third-order valence-corrected chi connectivity index (χ3v) is 1.50. The molecule has 1 atom stereocenters. The van der Waals surface area contributed by atoms with Crippen LogP contribution in [0.4, 0.5) is 0 Å². The maximum absolute atomic E-state index is 2.24. The maximum Gasteiger partial charge on any atom is 0 e. The molecule has 0 aliphatic heterocycles. The number of rotatable bonds is 2. The summed E-state index contributed by atoms with van der Waals surface area (Å²) in [5.41, 5.74) is 0. The molecule has 1 unspecified atom stereocenters. The molecule has 0 heterocycles. The fourth-order valence-electron chi connectivity index (χ4n) is 0.250. The summed E-state index contributed by atoms with van der Waals surface area (Å²) >= 11 is 0. The van der Waals surface area contributed by atoms with E-state index in [1.807, 2.05) is 0 Å². The molecular formula is C4H11MgP. The van der Waals surface area contributed by atoms with Gasteiger partial charge in [-0.3, -0.25) is 0 Å². The van der Waals surface area contributed by atoms with Crippen LogP contribution in [0.15, 0.2) is 0 Å². The molecule has 0 nitrogen and oxygen atoms in total. The number of hydrogen-bond acceptors (Lipinski definition) is 0. The fraction of sp³-hybridized carbons (Fsp3) is 1.00. The first-order chi connectivity index (χ1) is 2.41. The molecule has 0 spiro atoms. The summed E-state index contributed by atoms with van der Waals surface area (Å²) in [4.78, 5) is 0. The van der Waals surface area contributed by atoms with Crippen molar-refractivity contribution in [3.8, 4) is 0 Å². The van der Waals surface area contributed by atoms with Crippen LogP contribution in [0.3, 0.4) is 0 Å². The topological polar surface area (TPSA) is 0 Å². The Morgan fingerprint density at radius 1 is 1.50 bits per heavy atom. The highest BCUT2D eigenvalue weighted by molar-refractivity contribution is 7.36. The zero-order valence-electron chi connectivity index (χ0n) is 4.62. The summed E-state index contributed by atoms with van der Waals surface area (Å²) in [5, 5.41) is 0. The van der Waals surface area contributed by atoms with Crippen LogP contribution in [0.25, 0.3) is 0 Å². The summed E-state index contributed by atoms with van der Waals surface area (Å²) < 4.78 is 0. The molecule has 2 radical (unpaired) electrons. The van der Waals surface area contributed by atoms with Crippen molar-refractivity contribution in [1.29, 1.82) is 0 Å². The molecule has 0 fully saturated rings. The highest BCUT2D eigenvalue weighted by Gasteiger charge is 1.67.